The number of rotatable bonds is 7. The number of anilines is 1. The van der Waals surface area contributed by atoms with Crippen LogP contribution in [0.5, 0.6) is 0 Å². The maximum absolute atomic E-state index is 4.84. The van der Waals surface area contributed by atoms with E-state index in [1.807, 2.05) is 7.05 Å². The van der Waals surface area contributed by atoms with Crippen LogP contribution in [0.15, 0.2) is 12.1 Å². The van der Waals surface area contributed by atoms with Crippen molar-refractivity contribution in [2.75, 3.05) is 38.1 Å². The van der Waals surface area contributed by atoms with Crippen LogP contribution < -0.4 is 10.2 Å². The highest BCUT2D eigenvalue weighted by Crippen LogP contribution is 2.23. The van der Waals surface area contributed by atoms with Crippen molar-refractivity contribution in [2.45, 2.75) is 46.2 Å². The summed E-state index contributed by atoms with van der Waals surface area (Å²) in [7, 11) is 2.00. The number of pyridine rings is 1. The highest BCUT2D eigenvalue weighted by molar-refractivity contribution is 5.44. The molecular formula is C17H30N4. The summed E-state index contributed by atoms with van der Waals surface area (Å²) in [5.41, 5.74) is 2.54. The van der Waals surface area contributed by atoms with Gasteiger partial charge in [0, 0.05) is 31.4 Å². The maximum Gasteiger partial charge on any atom is 0.129 e. The van der Waals surface area contributed by atoms with Gasteiger partial charge in [-0.3, -0.25) is 4.90 Å². The molecule has 1 atom stereocenters. The van der Waals surface area contributed by atoms with Crippen LogP contribution in [0.1, 0.15) is 38.4 Å². The van der Waals surface area contributed by atoms with E-state index in [0.29, 0.717) is 6.04 Å². The van der Waals surface area contributed by atoms with Crippen molar-refractivity contribution >= 4 is 5.82 Å². The Morgan fingerprint density at radius 3 is 2.67 bits per heavy atom. The quantitative estimate of drug-likeness (QED) is 0.835. The number of hydrogen-bond acceptors (Lipinski definition) is 4. The molecular weight excluding hydrogens is 260 g/mol. The first-order valence-electron chi connectivity index (χ1n) is 8.35. The van der Waals surface area contributed by atoms with Crippen LogP contribution in [0.2, 0.25) is 0 Å². The topological polar surface area (TPSA) is 31.4 Å². The second-order valence-electron chi connectivity index (χ2n) is 5.82. The summed E-state index contributed by atoms with van der Waals surface area (Å²) in [5.74, 6) is 1.16. The van der Waals surface area contributed by atoms with Crippen molar-refractivity contribution in [1.29, 1.82) is 0 Å². The third-order valence-electron chi connectivity index (χ3n) is 4.48. The second kappa shape index (κ2) is 7.76. The molecule has 0 saturated carbocycles. The summed E-state index contributed by atoms with van der Waals surface area (Å²) < 4.78 is 0. The molecule has 2 rings (SSSR count). The highest BCUT2D eigenvalue weighted by atomic mass is 15.3. The van der Waals surface area contributed by atoms with Gasteiger partial charge in [0.15, 0.2) is 0 Å². The second-order valence-corrected chi connectivity index (χ2v) is 5.82. The van der Waals surface area contributed by atoms with Gasteiger partial charge in [0.05, 0.1) is 0 Å². The van der Waals surface area contributed by atoms with Crippen LogP contribution in [-0.4, -0.2) is 49.2 Å². The van der Waals surface area contributed by atoms with Crippen LogP contribution in [0, 0.1) is 0 Å². The van der Waals surface area contributed by atoms with E-state index >= 15 is 0 Å². The van der Waals surface area contributed by atoms with Crippen molar-refractivity contribution in [3.8, 4) is 0 Å². The zero-order valence-corrected chi connectivity index (χ0v) is 14.0. The number of aryl methyl sites for hydroxylation is 1. The summed E-state index contributed by atoms with van der Waals surface area (Å²) in [4.78, 5) is 9.87. The monoisotopic (exact) mass is 290 g/mol. The van der Waals surface area contributed by atoms with E-state index < -0.39 is 0 Å². The van der Waals surface area contributed by atoms with Crippen molar-refractivity contribution in [3.63, 3.8) is 0 Å². The van der Waals surface area contributed by atoms with Gasteiger partial charge in [0.25, 0.3) is 0 Å². The van der Waals surface area contributed by atoms with Crippen LogP contribution in [0.3, 0.4) is 0 Å². The van der Waals surface area contributed by atoms with Gasteiger partial charge in [0.2, 0.25) is 0 Å². The van der Waals surface area contributed by atoms with Crippen LogP contribution in [-0.2, 0) is 13.0 Å². The summed E-state index contributed by atoms with van der Waals surface area (Å²) in [6.45, 7) is 12.1. The SMILES string of the molecule is CCc1cc(CNC)cc(N2CCC(N(CC)CC)C2)n1. The standard InChI is InChI=1S/C17H30N4/c1-5-15-10-14(12-18-4)11-17(19-15)21-9-8-16(13-21)20(6-2)7-3/h10-11,16,18H,5-9,12-13H2,1-4H3. The smallest absolute Gasteiger partial charge is 0.129 e. The zero-order chi connectivity index (χ0) is 15.2. The molecule has 1 N–H and O–H groups in total. The van der Waals surface area contributed by atoms with E-state index in [1.165, 1.54) is 17.7 Å². The van der Waals surface area contributed by atoms with Crippen molar-refractivity contribution in [2.24, 2.45) is 0 Å². The Bertz CT molecular complexity index is 442. The number of aromatic nitrogens is 1. The molecule has 1 aliphatic rings. The lowest BCUT2D eigenvalue weighted by molar-refractivity contribution is 0.232. The van der Waals surface area contributed by atoms with Gasteiger partial charge in [0.1, 0.15) is 5.82 Å². The molecule has 1 fully saturated rings. The average Bonchev–Trinajstić information content (AvgIpc) is 2.98. The number of nitrogens with zero attached hydrogens (tertiary/aromatic N) is 3. The van der Waals surface area contributed by atoms with E-state index in [-0.39, 0.29) is 0 Å². The van der Waals surface area contributed by atoms with Crippen molar-refractivity contribution in [3.05, 3.63) is 23.4 Å². The average molecular weight is 290 g/mol. The van der Waals surface area contributed by atoms with Gasteiger partial charge >= 0.3 is 0 Å². The molecule has 1 unspecified atom stereocenters. The molecule has 0 aliphatic carbocycles. The fourth-order valence-electron chi connectivity index (χ4n) is 3.27. The van der Waals surface area contributed by atoms with Crippen LogP contribution >= 0.6 is 0 Å². The summed E-state index contributed by atoms with van der Waals surface area (Å²) in [6, 6.07) is 5.15. The van der Waals surface area contributed by atoms with Gasteiger partial charge in [-0.05, 0) is 50.7 Å². The molecule has 1 saturated heterocycles. The van der Waals surface area contributed by atoms with Crippen molar-refractivity contribution < 1.29 is 0 Å². The fourth-order valence-corrected chi connectivity index (χ4v) is 3.27. The molecule has 0 radical (unpaired) electrons. The minimum atomic E-state index is 0.680. The Kier molecular flexibility index (Phi) is 6.00. The molecule has 1 aromatic heterocycles. The first-order chi connectivity index (χ1) is 10.2. The summed E-state index contributed by atoms with van der Waals surface area (Å²) in [5, 5.41) is 3.24. The van der Waals surface area contributed by atoms with E-state index in [4.69, 9.17) is 4.98 Å². The molecule has 1 aliphatic heterocycles. The minimum absolute atomic E-state index is 0.680. The molecule has 21 heavy (non-hydrogen) atoms. The maximum atomic E-state index is 4.84. The first kappa shape index (κ1) is 16.2. The number of hydrogen-bond donors (Lipinski definition) is 1. The first-order valence-corrected chi connectivity index (χ1v) is 8.35. The fraction of sp³-hybridized carbons (Fsp3) is 0.706. The Hall–Kier alpha value is -1.13. The zero-order valence-electron chi connectivity index (χ0n) is 14.0. The van der Waals surface area contributed by atoms with E-state index in [2.05, 4.69) is 48.0 Å². The summed E-state index contributed by atoms with van der Waals surface area (Å²) >= 11 is 0. The Morgan fingerprint density at radius 2 is 2.05 bits per heavy atom. The molecule has 0 bridgehead atoms. The van der Waals surface area contributed by atoms with Crippen molar-refractivity contribution in [1.82, 2.24) is 15.2 Å². The molecule has 2 heterocycles. The number of nitrogens with one attached hydrogen (secondary N) is 1. The van der Waals surface area contributed by atoms with E-state index in [0.717, 1.165) is 45.0 Å². The third-order valence-corrected chi connectivity index (χ3v) is 4.48. The van der Waals surface area contributed by atoms with Gasteiger partial charge in [-0.2, -0.15) is 0 Å². The van der Waals surface area contributed by atoms with Gasteiger partial charge in [-0.1, -0.05) is 20.8 Å². The van der Waals surface area contributed by atoms with Gasteiger partial charge < -0.3 is 10.2 Å². The van der Waals surface area contributed by atoms with E-state index in [1.54, 1.807) is 0 Å². The normalized spacial score (nSPS) is 18.7. The Balaban J connectivity index is 2.13. The molecule has 1 aromatic rings. The minimum Gasteiger partial charge on any atom is -0.355 e. The lowest BCUT2D eigenvalue weighted by atomic mass is 10.2. The highest BCUT2D eigenvalue weighted by Gasteiger charge is 2.27. The molecule has 0 spiro atoms. The van der Waals surface area contributed by atoms with Crippen LogP contribution in [0.4, 0.5) is 5.82 Å². The Morgan fingerprint density at radius 1 is 1.29 bits per heavy atom. The molecule has 0 aromatic carbocycles. The van der Waals surface area contributed by atoms with Crippen LogP contribution in [0.25, 0.3) is 0 Å². The summed E-state index contributed by atoms with van der Waals surface area (Å²) in [6.07, 6.45) is 2.25. The predicted molar refractivity (Wildman–Crippen MR) is 89.9 cm³/mol. The number of likely N-dealkylation sites (N-methyl/N-ethyl adjacent to an activating group) is 1. The van der Waals surface area contributed by atoms with Gasteiger partial charge in [-0.15, -0.1) is 0 Å². The molecule has 0 amide bonds. The predicted octanol–water partition coefficient (Wildman–Crippen LogP) is 2.28. The van der Waals surface area contributed by atoms with E-state index in [9.17, 15) is 0 Å². The molecule has 4 heteroatoms. The third kappa shape index (κ3) is 3.95. The Labute approximate surface area is 129 Å². The molecule has 4 nitrogen and oxygen atoms in total. The molecule has 118 valence electrons. The largest absolute Gasteiger partial charge is 0.355 e. The lowest BCUT2D eigenvalue weighted by Crippen LogP contribution is -2.37. The lowest BCUT2D eigenvalue weighted by Gasteiger charge is -2.26. The van der Waals surface area contributed by atoms with Gasteiger partial charge in [-0.25, -0.2) is 4.98 Å².